The van der Waals surface area contributed by atoms with Crippen molar-refractivity contribution in [2.45, 2.75) is 19.9 Å². The molecular formula is C9H10IN3. The average Bonchev–Trinajstić information content (AvgIpc) is 2.48. The SMILES string of the molecule is CC(C)n1nnc2c(I)cccc21. The molecule has 0 bridgehead atoms. The van der Waals surface area contributed by atoms with Gasteiger partial charge in [-0.15, -0.1) is 5.10 Å². The summed E-state index contributed by atoms with van der Waals surface area (Å²) in [6.45, 7) is 4.21. The van der Waals surface area contributed by atoms with Crippen molar-refractivity contribution in [3.8, 4) is 0 Å². The Hall–Kier alpha value is -0.650. The van der Waals surface area contributed by atoms with E-state index in [9.17, 15) is 0 Å². The quantitative estimate of drug-likeness (QED) is 0.755. The predicted octanol–water partition coefficient (Wildman–Crippen LogP) is 2.62. The van der Waals surface area contributed by atoms with E-state index in [-0.39, 0.29) is 0 Å². The fourth-order valence-corrected chi connectivity index (χ4v) is 1.90. The van der Waals surface area contributed by atoms with Crippen LogP contribution in [0.5, 0.6) is 0 Å². The topological polar surface area (TPSA) is 30.7 Å². The number of halogens is 1. The first-order valence-electron chi connectivity index (χ1n) is 4.19. The molecule has 0 N–H and O–H groups in total. The van der Waals surface area contributed by atoms with Gasteiger partial charge < -0.3 is 0 Å². The van der Waals surface area contributed by atoms with E-state index in [1.807, 2.05) is 16.8 Å². The molecule has 0 fully saturated rings. The summed E-state index contributed by atoms with van der Waals surface area (Å²) in [6.07, 6.45) is 0. The lowest BCUT2D eigenvalue weighted by molar-refractivity contribution is 0.530. The highest BCUT2D eigenvalue weighted by molar-refractivity contribution is 14.1. The van der Waals surface area contributed by atoms with Crippen LogP contribution in [0.25, 0.3) is 11.0 Å². The number of hydrogen-bond donors (Lipinski definition) is 0. The van der Waals surface area contributed by atoms with Crippen molar-refractivity contribution in [1.82, 2.24) is 15.0 Å². The number of rotatable bonds is 1. The zero-order valence-electron chi connectivity index (χ0n) is 7.53. The minimum atomic E-state index is 0.364. The maximum Gasteiger partial charge on any atom is 0.126 e. The highest BCUT2D eigenvalue weighted by Gasteiger charge is 2.08. The van der Waals surface area contributed by atoms with Crippen molar-refractivity contribution >= 4 is 33.6 Å². The smallest absolute Gasteiger partial charge is 0.126 e. The summed E-state index contributed by atoms with van der Waals surface area (Å²) in [4.78, 5) is 0. The normalized spacial score (nSPS) is 11.4. The van der Waals surface area contributed by atoms with Crippen molar-refractivity contribution in [2.75, 3.05) is 0 Å². The monoisotopic (exact) mass is 287 g/mol. The van der Waals surface area contributed by atoms with Crippen LogP contribution in [0.2, 0.25) is 0 Å². The summed E-state index contributed by atoms with van der Waals surface area (Å²) in [5.41, 5.74) is 2.11. The van der Waals surface area contributed by atoms with Crippen molar-refractivity contribution in [3.63, 3.8) is 0 Å². The summed E-state index contributed by atoms with van der Waals surface area (Å²) < 4.78 is 3.10. The standard InChI is InChI=1S/C9H10IN3/c1-6(2)13-8-5-3-4-7(10)9(8)11-12-13/h3-6H,1-2H3. The molecule has 0 saturated heterocycles. The molecule has 68 valence electrons. The third-order valence-electron chi connectivity index (χ3n) is 1.94. The van der Waals surface area contributed by atoms with Crippen LogP contribution in [0.15, 0.2) is 18.2 Å². The van der Waals surface area contributed by atoms with Crippen molar-refractivity contribution < 1.29 is 0 Å². The first-order valence-corrected chi connectivity index (χ1v) is 5.27. The predicted molar refractivity (Wildman–Crippen MR) is 60.6 cm³/mol. The number of aromatic nitrogens is 3. The van der Waals surface area contributed by atoms with Crippen LogP contribution >= 0.6 is 22.6 Å². The maximum absolute atomic E-state index is 4.14. The second-order valence-corrected chi connectivity index (χ2v) is 4.40. The Kier molecular flexibility index (Phi) is 2.23. The molecule has 3 nitrogen and oxygen atoms in total. The fraction of sp³-hybridized carbons (Fsp3) is 0.333. The number of nitrogens with zero attached hydrogens (tertiary/aromatic N) is 3. The lowest BCUT2D eigenvalue weighted by Gasteiger charge is -2.04. The van der Waals surface area contributed by atoms with E-state index in [2.05, 4.69) is 52.8 Å². The van der Waals surface area contributed by atoms with Gasteiger partial charge in [-0.1, -0.05) is 11.3 Å². The van der Waals surface area contributed by atoms with Crippen molar-refractivity contribution in [3.05, 3.63) is 21.8 Å². The van der Waals surface area contributed by atoms with Gasteiger partial charge in [0.05, 0.1) is 5.52 Å². The largest absolute Gasteiger partial charge is 0.242 e. The minimum absolute atomic E-state index is 0.364. The van der Waals surface area contributed by atoms with Crippen LogP contribution in [0.3, 0.4) is 0 Å². The van der Waals surface area contributed by atoms with Gasteiger partial charge in [0.25, 0.3) is 0 Å². The molecule has 0 spiro atoms. The lowest BCUT2D eigenvalue weighted by Crippen LogP contribution is -2.02. The fourth-order valence-electron chi connectivity index (χ4n) is 1.31. The summed E-state index contributed by atoms with van der Waals surface area (Å²) in [5, 5.41) is 8.26. The summed E-state index contributed by atoms with van der Waals surface area (Å²) in [7, 11) is 0. The molecule has 1 aromatic heterocycles. The molecule has 2 rings (SSSR count). The van der Waals surface area contributed by atoms with Gasteiger partial charge >= 0.3 is 0 Å². The molecule has 0 aliphatic carbocycles. The van der Waals surface area contributed by atoms with Crippen LogP contribution in [0, 0.1) is 3.57 Å². The molecule has 4 heteroatoms. The Morgan fingerprint density at radius 3 is 2.85 bits per heavy atom. The lowest BCUT2D eigenvalue weighted by atomic mass is 10.3. The van der Waals surface area contributed by atoms with Crippen LogP contribution in [-0.2, 0) is 0 Å². The van der Waals surface area contributed by atoms with E-state index >= 15 is 0 Å². The highest BCUT2D eigenvalue weighted by atomic mass is 127. The molecule has 0 aliphatic heterocycles. The van der Waals surface area contributed by atoms with Gasteiger partial charge in [0.1, 0.15) is 5.52 Å². The van der Waals surface area contributed by atoms with Crippen LogP contribution in [0.4, 0.5) is 0 Å². The average molecular weight is 287 g/mol. The van der Waals surface area contributed by atoms with Gasteiger partial charge in [-0.3, -0.25) is 0 Å². The Balaban J connectivity index is 2.75. The van der Waals surface area contributed by atoms with E-state index in [0.29, 0.717) is 6.04 Å². The van der Waals surface area contributed by atoms with Crippen LogP contribution in [-0.4, -0.2) is 15.0 Å². The first kappa shape index (κ1) is 8.93. The van der Waals surface area contributed by atoms with Gasteiger partial charge in [0.15, 0.2) is 0 Å². The molecule has 0 radical (unpaired) electrons. The Morgan fingerprint density at radius 1 is 1.38 bits per heavy atom. The van der Waals surface area contributed by atoms with E-state index in [1.165, 1.54) is 0 Å². The molecule has 0 unspecified atom stereocenters. The van der Waals surface area contributed by atoms with E-state index in [0.717, 1.165) is 14.6 Å². The second-order valence-electron chi connectivity index (χ2n) is 3.24. The Labute approximate surface area is 90.3 Å². The van der Waals surface area contributed by atoms with Gasteiger partial charge in [-0.25, -0.2) is 4.68 Å². The first-order chi connectivity index (χ1) is 6.20. The van der Waals surface area contributed by atoms with Gasteiger partial charge in [-0.2, -0.15) is 0 Å². The number of fused-ring (bicyclic) bond motifs is 1. The molecule has 0 aliphatic rings. The van der Waals surface area contributed by atoms with Gasteiger partial charge in [0.2, 0.25) is 0 Å². The highest BCUT2D eigenvalue weighted by Crippen LogP contribution is 2.19. The molecular weight excluding hydrogens is 277 g/mol. The second kappa shape index (κ2) is 3.25. The van der Waals surface area contributed by atoms with Crippen LogP contribution < -0.4 is 0 Å². The number of hydrogen-bond acceptors (Lipinski definition) is 2. The van der Waals surface area contributed by atoms with Gasteiger partial charge in [-0.05, 0) is 48.6 Å². The molecule has 0 amide bonds. The molecule has 13 heavy (non-hydrogen) atoms. The minimum Gasteiger partial charge on any atom is -0.242 e. The molecule has 0 saturated carbocycles. The van der Waals surface area contributed by atoms with E-state index < -0.39 is 0 Å². The van der Waals surface area contributed by atoms with Gasteiger partial charge in [0, 0.05) is 9.61 Å². The summed E-state index contributed by atoms with van der Waals surface area (Å²) >= 11 is 2.28. The third kappa shape index (κ3) is 1.43. The van der Waals surface area contributed by atoms with Crippen molar-refractivity contribution in [2.24, 2.45) is 0 Å². The van der Waals surface area contributed by atoms with E-state index in [4.69, 9.17) is 0 Å². The third-order valence-corrected chi connectivity index (χ3v) is 2.81. The van der Waals surface area contributed by atoms with E-state index in [1.54, 1.807) is 0 Å². The Morgan fingerprint density at radius 2 is 2.15 bits per heavy atom. The number of benzene rings is 1. The maximum atomic E-state index is 4.14. The molecule has 2 aromatic rings. The molecule has 1 heterocycles. The summed E-state index contributed by atoms with van der Waals surface area (Å²) in [5.74, 6) is 0. The van der Waals surface area contributed by atoms with Crippen LogP contribution in [0.1, 0.15) is 19.9 Å². The zero-order valence-corrected chi connectivity index (χ0v) is 9.69. The molecule has 0 atom stereocenters. The Bertz CT molecular complexity index is 433. The zero-order chi connectivity index (χ0) is 9.42. The summed E-state index contributed by atoms with van der Waals surface area (Å²) in [6, 6.07) is 6.50. The molecule has 1 aromatic carbocycles. The van der Waals surface area contributed by atoms with Crippen molar-refractivity contribution in [1.29, 1.82) is 0 Å².